The Morgan fingerprint density at radius 2 is 2.12 bits per heavy atom. The first-order valence-electron chi connectivity index (χ1n) is 7.04. The van der Waals surface area contributed by atoms with Gasteiger partial charge in [-0.3, -0.25) is 0 Å². The van der Waals surface area contributed by atoms with Crippen molar-refractivity contribution < 1.29 is 4.74 Å². The molecule has 1 saturated heterocycles. The van der Waals surface area contributed by atoms with Gasteiger partial charge in [0.25, 0.3) is 0 Å². The van der Waals surface area contributed by atoms with Gasteiger partial charge < -0.3 is 10.1 Å². The summed E-state index contributed by atoms with van der Waals surface area (Å²) in [6, 6.07) is 0.657. The van der Waals surface area contributed by atoms with E-state index in [0.717, 1.165) is 25.0 Å². The summed E-state index contributed by atoms with van der Waals surface area (Å²) in [7, 11) is 0. The van der Waals surface area contributed by atoms with Gasteiger partial charge in [-0.05, 0) is 32.2 Å². The summed E-state index contributed by atoms with van der Waals surface area (Å²) in [4.78, 5) is 0. The van der Waals surface area contributed by atoms with E-state index in [-0.39, 0.29) is 0 Å². The maximum Gasteiger partial charge on any atom is 0.0590 e. The summed E-state index contributed by atoms with van der Waals surface area (Å²) in [6.07, 6.45) is 5.64. The first-order chi connectivity index (χ1) is 7.69. The standard InChI is InChI=1S/C14H29NO/c1-5-7-11(3)10-14(15-6-2)13-8-9-16-12(13)4/h11-15H,5-10H2,1-4H3. The van der Waals surface area contributed by atoms with Gasteiger partial charge >= 0.3 is 0 Å². The lowest BCUT2D eigenvalue weighted by molar-refractivity contribution is 0.0922. The smallest absolute Gasteiger partial charge is 0.0590 e. The van der Waals surface area contributed by atoms with Crippen LogP contribution < -0.4 is 5.32 Å². The molecule has 1 rings (SSSR count). The summed E-state index contributed by atoms with van der Waals surface area (Å²) in [5.74, 6) is 1.56. The normalized spacial score (nSPS) is 29.2. The van der Waals surface area contributed by atoms with E-state index >= 15 is 0 Å². The van der Waals surface area contributed by atoms with Gasteiger partial charge in [-0.25, -0.2) is 0 Å². The average Bonchev–Trinajstić information content (AvgIpc) is 2.64. The van der Waals surface area contributed by atoms with E-state index in [9.17, 15) is 0 Å². The second-order valence-electron chi connectivity index (χ2n) is 5.32. The molecule has 16 heavy (non-hydrogen) atoms. The van der Waals surface area contributed by atoms with Gasteiger partial charge in [0.2, 0.25) is 0 Å². The van der Waals surface area contributed by atoms with Crippen LogP contribution in [-0.4, -0.2) is 25.3 Å². The van der Waals surface area contributed by atoms with Gasteiger partial charge in [0.15, 0.2) is 0 Å². The molecule has 0 aromatic carbocycles. The number of hydrogen-bond donors (Lipinski definition) is 1. The lowest BCUT2D eigenvalue weighted by Crippen LogP contribution is -2.40. The lowest BCUT2D eigenvalue weighted by Gasteiger charge is -2.29. The van der Waals surface area contributed by atoms with Crippen molar-refractivity contribution in [3.05, 3.63) is 0 Å². The minimum atomic E-state index is 0.442. The molecule has 2 nitrogen and oxygen atoms in total. The van der Waals surface area contributed by atoms with Crippen molar-refractivity contribution in [1.82, 2.24) is 5.32 Å². The monoisotopic (exact) mass is 227 g/mol. The van der Waals surface area contributed by atoms with Crippen molar-refractivity contribution in [2.75, 3.05) is 13.2 Å². The molecule has 0 aliphatic carbocycles. The van der Waals surface area contributed by atoms with Crippen LogP contribution in [0.2, 0.25) is 0 Å². The topological polar surface area (TPSA) is 21.3 Å². The van der Waals surface area contributed by atoms with Gasteiger partial charge in [-0.2, -0.15) is 0 Å². The molecule has 1 heterocycles. The molecular weight excluding hydrogens is 198 g/mol. The molecule has 0 amide bonds. The third-order valence-corrected chi connectivity index (χ3v) is 3.86. The van der Waals surface area contributed by atoms with Crippen molar-refractivity contribution in [3.8, 4) is 0 Å². The van der Waals surface area contributed by atoms with Crippen molar-refractivity contribution in [3.63, 3.8) is 0 Å². The van der Waals surface area contributed by atoms with Gasteiger partial charge in [-0.15, -0.1) is 0 Å². The molecular formula is C14H29NO. The van der Waals surface area contributed by atoms with Crippen LogP contribution in [0.25, 0.3) is 0 Å². The summed E-state index contributed by atoms with van der Waals surface area (Å²) < 4.78 is 5.69. The second kappa shape index (κ2) is 7.29. The van der Waals surface area contributed by atoms with Crippen LogP contribution >= 0.6 is 0 Å². The minimum Gasteiger partial charge on any atom is -0.378 e. The van der Waals surface area contributed by atoms with Crippen molar-refractivity contribution in [2.45, 2.75) is 65.5 Å². The van der Waals surface area contributed by atoms with E-state index in [2.05, 4.69) is 33.0 Å². The van der Waals surface area contributed by atoms with Gasteiger partial charge in [-0.1, -0.05) is 33.6 Å². The zero-order valence-corrected chi connectivity index (χ0v) is 11.5. The fraction of sp³-hybridized carbons (Fsp3) is 1.00. The van der Waals surface area contributed by atoms with Gasteiger partial charge in [0, 0.05) is 18.6 Å². The summed E-state index contributed by atoms with van der Waals surface area (Å²) in [5.41, 5.74) is 0. The first-order valence-corrected chi connectivity index (χ1v) is 7.04. The molecule has 4 unspecified atom stereocenters. The third kappa shape index (κ3) is 4.06. The Morgan fingerprint density at radius 3 is 2.62 bits per heavy atom. The fourth-order valence-corrected chi connectivity index (χ4v) is 2.99. The molecule has 1 aliphatic heterocycles. The van der Waals surface area contributed by atoms with Crippen molar-refractivity contribution in [2.24, 2.45) is 11.8 Å². The average molecular weight is 227 g/mol. The van der Waals surface area contributed by atoms with Crippen molar-refractivity contribution >= 4 is 0 Å². The maximum absolute atomic E-state index is 5.69. The molecule has 4 atom stereocenters. The highest BCUT2D eigenvalue weighted by Gasteiger charge is 2.31. The highest BCUT2D eigenvalue weighted by atomic mass is 16.5. The predicted molar refractivity (Wildman–Crippen MR) is 69.7 cm³/mol. The molecule has 2 heteroatoms. The van der Waals surface area contributed by atoms with Crippen LogP contribution in [0.1, 0.15) is 53.4 Å². The summed E-state index contributed by atoms with van der Waals surface area (Å²) >= 11 is 0. The fourth-order valence-electron chi connectivity index (χ4n) is 2.99. The molecule has 0 aromatic rings. The zero-order chi connectivity index (χ0) is 12.0. The van der Waals surface area contributed by atoms with Gasteiger partial charge in [0.05, 0.1) is 6.10 Å². The van der Waals surface area contributed by atoms with Crippen molar-refractivity contribution in [1.29, 1.82) is 0 Å². The van der Waals surface area contributed by atoms with E-state index in [1.165, 1.54) is 25.7 Å². The largest absolute Gasteiger partial charge is 0.378 e. The zero-order valence-electron chi connectivity index (χ0n) is 11.5. The number of nitrogens with one attached hydrogen (secondary N) is 1. The van der Waals surface area contributed by atoms with Crippen LogP contribution in [0.4, 0.5) is 0 Å². The molecule has 0 saturated carbocycles. The predicted octanol–water partition coefficient (Wildman–Crippen LogP) is 3.22. The molecule has 0 aromatic heterocycles. The molecule has 1 fully saturated rings. The molecule has 1 aliphatic rings. The Bertz CT molecular complexity index is 184. The van der Waals surface area contributed by atoms with E-state index in [0.29, 0.717) is 12.1 Å². The number of ether oxygens (including phenoxy) is 1. The molecule has 0 spiro atoms. The summed E-state index contributed by atoms with van der Waals surface area (Å²) in [5, 5.41) is 3.66. The Kier molecular flexibility index (Phi) is 6.37. The van der Waals surface area contributed by atoms with E-state index in [1.54, 1.807) is 0 Å². The summed E-state index contributed by atoms with van der Waals surface area (Å²) in [6.45, 7) is 11.1. The van der Waals surface area contributed by atoms with E-state index in [1.807, 2.05) is 0 Å². The van der Waals surface area contributed by atoms with Crippen LogP contribution in [0.15, 0.2) is 0 Å². The molecule has 96 valence electrons. The lowest BCUT2D eigenvalue weighted by atomic mass is 9.86. The highest BCUT2D eigenvalue weighted by Crippen LogP contribution is 2.28. The van der Waals surface area contributed by atoms with Crippen LogP contribution in [0.3, 0.4) is 0 Å². The van der Waals surface area contributed by atoms with Crippen LogP contribution in [0.5, 0.6) is 0 Å². The Hall–Kier alpha value is -0.0800. The second-order valence-corrected chi connectivity index (χ2v) is 5.32. The number of rotatable bonds is 7. The Balaban J connectivity index is 2.45. The van der Waals surface area contributed by atoms with E-state index < -0.39 is 0 Å². The van der Waals surface area contributed by atoms with Gasteiger partial charge in [0.1, 0.15) is 0 Å². The molecule has 0 bridgehead atoms. The minimum absolute atomic E-state index is 0.442. The third-order valence-electron chi connectivity index (χ3n) is 3.86. The van der Waals surface area contributed by atoms with Crippen LogP contribution in [-0.2, 0) is 4.74 Å². The highest BCUT2D eigenvalue weighted by molar-refractivity contribution is 4.85. The number of hydrogen-bond acceptors (Lipinski definition) is 2. The Labute approximate surface area is 101 Å². The quantitative estimate of drug-likeness (QED) is 0.721. The Morgan fingerprint density at radius 1 is 1.38 bits per heavy atom. The van der Waals surface area contributed by atoms with Crippen LogP contribution in [0, 0.1) is 11.8 Å². The SMILES string of the molecule is CCCC(C)CC(NCC)C1CCOC1C. The van der Waals surface area contributed by atoms with E-state index in [4.69, 9.17) is 4.74 Å². The maximum atomic E-state index is 5.69. The molecule has 1 N–H and O–H groups in total. The first kappa shape index (κ1) is 14.0. The molecule has 0 radical (unpaired) electrons.